The van der Waals surface area contributed by atoms with Gasteiger partial charge in [0.25, 0.3) is 0 Å². The average Bonchev–Trinajstić information content (AvgIpc) is 3.47. The number of anilines is 1. The summed E-state index contributed by atoms with van der Waals surface area (Å²) in [4.78, 5) is 27.2. The Morgan fingerprint density at radius 2 is 1.08 bits per heavy atom. The SMILES string of the molecule is O=c1[nH]nc(CCN(CCc2n[nH]c(=O)n2-c2ccc(Cl)cc2)c2ccccc2)n1-c1ccc(Cl)cc1. The number of aromatic nitrogens is 6. The second-order valence-electron chi connectivity index (χ2n) is 8.34. The van der Waals surface area contributed by atoms with Crippen LogP contribution in [0.15, 0.2) is 88.5 Å². The summed E-state index contributed by atoms with van der Waals surface area (Å²) in [6.45, 7) is 1.16. The standard InChI is InChI=1S/C26H23Cl2N7O2/c27-18-6-10-21(11-7-18)34-23(29-31-25(34)36)14-16-33(20-4-2-1-3-5-20)17-15-24-30-32-26(37)35(24)22-12-8-19(28)9-13-22/h1-13H,14-17H2,(H,31,36)(H,32,37). The summed E-state index contributed by atoms with van der Waals surface area (Å²) in [5.74, 6) is 1.21. The number of nitrogens with one attached hydrogen (secondary N) is 2. The van der Waals surface area contributed by atoms with Crippen molar-refractivity contribution < 1.29 is 0 Å². The first-order valence-corrected chi connectivity index (χ1v) is 12.4. The third kappa shape index (κ3) is 5.52. The number of hydrogen-bond acceptors (Lipinski definition) is 5. The second-order valence-corrected chi connectivity index (χ2v) is 9.21. The largest absolute Gasteiger partial charge is 0.371 e. The van der Waals surface area contributed by atoms with Gasteiger partial charge in [0.05, 0.1) is 11.4 Å². The van der Waals surface area contributed by atoms with Gasteiger partial charge in [-0.25, -0.2) is 28.9 Å². The number of nitrogens with zero attached hydrogens (tertiary/aromatic N) is 5. The molecule has 0 aliphatic carbocycles. The molecule has 5 rings (SSSR count). The van der Waals surface area contributed by atoms with Crippen molar-refractivity contribution in [1.29, 1.82) is 0 Å². The highest BCUT2D eigenvalue weighted by Crippen LogP contribution is 2.18. The number of H-pyrrole nitrogens is 2. The molecule has 0 radical (unpaired) electrons. The molecule has 11 heteroatoms. The lowest BCUT2D eigenvalue weighted by Gasteiger charge is -2.24. The molecule has 0 aliphatic heterocycles. The van der Waals surface area contributed by atoms with Gasteiger partial charge in [-0.1, -0.05) is 41.4 Å². The minimum atomic E-state index is -0.313. The maximum absolute atomic E-state index is 12.5. The van der Waals surface area contributed by atoms with E-state index < -0.39 is 0 Å². The average molecular weight is 536 g/mol. The summed E-state index contributed by atoms with van der Waals surface area (Å²) in [6.07, 6.45) is 1.00. The molecule has 0 bridgehead atoms. The molecule has 0 saturated carbocycles. The molecule has 2 N–H and O–H groups in total. The molecule has 3 aromatic carbocycles. The lowest BCUT2D eigenvalue weighted by atomic mass is 10.2. The predicted octanol–water partition coefficient (Wildman–Crippen LogP) is 4.03. The Morgan fingerprint density at radius 3 is 1.51 bits per heavy atom. The number of halogens is 2. The Labute approximate surface area is 221 Å². The van der Waals surface area contributed by atoms with E-state index >= 15 is 0 Å². The first kappa shape index (κ1) is 24.6. The maximum Gasteiger partial charge on any atom is 0.347 e. The lowest BCUT2D eigenvalue weighted by molar-refractivity contribution is 0.711. The van der Waals surface area contributed by atoms with Gasteiger partial charge < -0.3 is 4.90 Å². The van der Waals surface area contributed by atoms with Gasteiger partial charge in [0, 0.05) is 41.7 Å². The van der Waals surface area contributed by atoms with Crippen molar-refractivity contribution in [1.82, 2.24) is 29.5 Å². The van der Waals surface area contributed by atoms with Crippen molar-refractivity contribution in [3.63, 3.8) is 0 Å². The van der Waals surface area contributed by atoms with E-state index in [1.807, 2.05) is 30.3 Å². The molecule has 37 heavy (non-hydrogen) atoms. The molecule has 0 fully saturated rings. The predicted molar refractivity (Wildman–Crippen MR) is 144 cm³/mol. The van der Waals surface area contributed by atoms with Crippen LogP contribution < -0.4 is 16.3 Å². The monoisotopic (exact) mass is 535 g/mol. The zero-order chi connectivity index (χ0) is 25.8. The van der Waals surface area contributed by atoms with Crippen LogP contribution in [0, 0.1) is 0 Å². The summed E-state index contributed by atoms with van der Waals surface area (Å²) in [7, 11) is 0. The molecule has 0 atom stereocenters. The summed E-state index contributed by atoms with van der Waals surface area (Å²) >= 11 is 12.0. The Balaban J connectivity index is 1.38. The van der Waals surface area contributed by atoms with Crippen LogP contribution in [0.25, 0.3) is 11.4 Å². The maximum atomic E-state index is 12.5. The fourth-order valence-electron chi connectivity index (χ4n) is 4.19. The molecule has 0 amide bonds. The van der Waals surface area contributed by atoms with E-state index in [1.165, 1.54) is 0 Å². The molecule has 188 valence electrons. The van der Waals surface area contributed by atoms with E-state index in [9.17, 15) is 9.59 Å². The van der Waals surface area contributed by atoms with E-state index in [4.69, 9.17) is 23.2 Å². The molecular weight excluding hydrogens is 513 g/mol. The zero-order valence-electron chi connectivity index (χ0n) is 19.6. The molecular formula is C26H23Cl2N7O2. The summed E-state index contributed by atoms with van der Waals surface area (Å²) in [6, 6.07) is 24.0. The van der Waals surface area contributed by atoms with Crippen LogP contribution in [-0.2, 0) is 12.8 Å². The van der Waals surface area contributed by atoms with Crippen LogP contribution in [0.1, 0.15) is 11.6 Å². The number of para-hydroxylation sites is 1. The van der Waals surface area contributed by atoms with Crippen molar-refractivity contribution in [2.75, 3.05) is 18.0 Å². The third-order valence-corrected chi connectivity index (χ3v) is 6.49. The molecule has 9 nitrogen and oxygen atoms in total. The van der Waals surface area contributed by atoms with Crippen LogP contribution in [0.4, 0.5) is 5.69 Å². The normalized spacial score (nSPS) is 11.1. The summed E-state index contributed by atoms with van der Waals surface area (Å²) < 4.78 is 3.09. The molecule has 0 unspecified atom stereocenters. The van der Waals surface area contributed by atoms with Crippen molar-refractivity contribution in [3.8, 4) is 11.4 Å². The fraction of sp³-hybridized carbons (Fsp3) is 0.154. The van der Waals surface area contributed by atoms with Gasteiger partial charge in [-0.05, 0) is 60.7 Å². The van der Waals surface area contributed by atoms with Crippen molar-refractivity contribution in [3.05, 3.63) is 122 Å². The third-order valence-electron chi connectivity index (χ3n) is 5.99. The molecule has 0 saturated heterocycles. The first-order valence-electron chi connectivity index (χ1n) is 11.6. The highest BCUT2D eigenvalue weighted by atomic mass is 35.5. The second kappa shape index (κ2) is 10.9. The van der Waals surface area contributed by atoms with Gasteiger partial charge in [-0.3, -0.25) is 0 Å². The Bertz CT molecular complexity index is 1490. The number of rotatable bonds is 9. The number of aromatic amines is 2. The summed E-state index contributed by atoms with van der Waals surface area (Å²) in [5, 5.41) is 14.8. The summed E-state index contributed by atoms with van der Waals surface area (Å²) in [5.41, 5.74) is 1.76. The molecule has 2 heterocycles. The van der Waals surface area contributed by atoms with E-state index in [-0.39, 0.29) is 11.4 Å². The lowest BCUT2D eigenvalue weighted by Crippen LogP contribution is -2.30. The fourth-order valence-corrected chi connectivity index (χ4v) is 4.44. The van der Waals surface area contributed by atoms with Gasteiger partial charge in [0.2, 0.25) is 0 Å². The molecule has 5 aromatic rings. The van der Waals surface area contributed by atoms with E-state index in [0.717, 1.165) is 5.69 Å². The van der Waals surface area contributed by atoms with Crippen LogP contribution in [0.2, 0.25) is 10.0 Å². The van der Waals surface area contributed by atoms with E-state index in [0.29, 0.717) is 59.0 Å². The van der Waals surface area contributed by atoms with E-state index in [1.54, 1.807) is 57.7 Å². The van der Waals surface area contributed by atoms with Gasteiger partial charge >= 0.3 is 11.4 Å². The molecule has 0 spiro atoms. The van der Waals surface area contributed by atoms with Crippen LogP contribution >= 0.6 is 23.2 Å². The van der Waals surface area contributed by atoms with Gasteiger partial charge in [0.15, 0.2) is 0 Å². The molecule has 0 aliphatic rings. The number of hydrogen-bond donors (Lipinski definition) is 2. The Kier molecular flexibility index (Phi) is 7.25. The smallest absolute Gasteiger partial charge is 0.347 e. The topological polar surface area (TPSA) is 105 Å². The van der Waals surface area contributed by atoms with Crippen molar-refractivity contribution >= 4 is 28.9 Å². The first-order chi connectivity index (χ1) is 18.0. The molecule has 2 aromatic heterocycles. The van der Waals surface area contributed by atoms with Gasteiger partial charge in [0.1, 0.15) is 11.6 Å². The minimum Gasteiger partial charge on any atom is -0.371 e. The van der Waals surface area contributed by atoms with Crippen LogP contribution in [0.5, 0.6) is 0 Å². The van der Waals surface area contributed by atoms with Crippen LogP contribution in [-0.4, -0.2) is 42.6 Å². The Hall–Kier alpha value is -4.08. The highest BCUT2D eigenvalue weighted by Gasteiger charge is 2.16. The van der Waals surface area contributed by atoms with E-state index in [2.05, 4.69) is 25.3 Å². The van der Waals surface area contributed by atoms with Crippen molar-refractivity contribution in [2.24, 2.45) is 0 Å². The van der Waals surface area contributed by atoms with Crippen molar-refractivity contribution in [2.45, 2.75) is 12.8 Å². The quantitative estimate of drug-likeness (QED) is 0.296. The Morgan fingerprint density at radius 1 is 0.649 bits per heavy atom. The van der Waals surface area contributed by atoms with Crippen LogP contribution in [0.3, 0.4) is 0 Å². The zero-order valence-corrected chi connectivity index (χ0v) is 21.2. The number of benzene rings is 3. The van der Waals surface area contributed by atoms with Gasteiger partial charge in [-0.2, -0.15) is 10.2 Å². The minimum absolute atomic E-state index is 0.313. The highest BCUT2D eigenvalue weighted by molar-refractivity contribution is 6.30. The van der Waals surface area contributed by atoms with Gasteiger partial charge in [-0.15, -0.1) is 0 Å².